The summed E-state index contributed by atoms with van der Waals surface area (Å²) in [6, 6.07) is 9.87. The van der Waals surface area contributed by atoms with Gasteiger partial charge in [0, 0.05) is 39.6 Å². The van der Waals surface area contributed by atoms with E-state index in [2.05, 4.69) is 54.3 Å². The van der Waals surface area contributed by atoms with Gasteiger partial charge in [0.05, 0.1) is 84.9 Å². The molecule has 14 heteroatoms. The Morgan fingerprint density at radius 1 is 0.208 bits per heavy atom. The molecule has 0 nitrogen and oxygen atoms in total. The summed E-state index contributed by atoms with van der Waals surface area (Å²) >= 11 is -5.07. The fraction of sp³-hybridized carbons (Fsp3) is 0.883. The van der Waals surface area contributed by atoms with Crippen LogP contribution in [0.1, 0.15) is 529 Å². The molecule has 15 saturated carbocycles. The minimum atomic E-state index is -1.74. The van der Waals surface area contributed by atoms with Crippen molar-refractivity contribution in [2.24, 2.45) is 10.8 Å². The molecular formula is C111H199Cl6P5Ru3+4. The molecule has 15 aliphatic rings. The van der Waals surface area contributed by atoms with E-state index in [0.29, 0.717) is 0 Å². The molecule has 0 saturated heterocycles. The molecule has 0 heterocycles. The second-order valence-corrected chi connectivity index (χ2v) is 78.3. The van der Waals surface area contributed by atoms with Gasteiger partial charge in [0.25, 0.3) is 0 Å². The first-order valence-electron chi connectivity index (χ1n) is 54.6. The van der Waals surface area contributed by atoms with E-state index < -0.39 is 40.6 Å². The maximum atomic E-state index is 5.59. The van der Waals surface area contributed by atoms with Crippen LogP contribution >= 0.6 is 97.8 Å². The van der Waals surface area contributed by atoms with Crippen LogP contribution in [0.15, 0.2) is 42.5 Å². The minimum absolute atomic E-state index is 0. The molecule has 0 aliphatic heterocycles. The molecule has 0 atom stereocenters. The molecule has 0 spiro atoms. The summed E-state index contributed by atoms with van der Waals surface area (Å²) in [6.45, 7) is 12.5. The van der Waals surface area contributed by atoms with Crippen LogP contribution in [-0.2, 0) is 40.6 Å². The number of rotatable bonds is 16. The van der Waals surface area contributed by atoms with Crippen LogP contribution in [0.4, 0.5) is 0 Å². The summed E-state index contributed by atoms with van der Waals surface area (Å²) in [4.78, 5) is 0. The van der Waals surface area contributed by atoms with Gasteiger partial charge < -0.3 is 7.43 Å². The van der Waals surface area contributed by atoms with Gasteiger partial charge in [0.15, 0.2) is 0 Å². The summed E-state index contributed by atoms with van der Waals surface area (Å²) in [5.41, 5.74) is 19.8. The Labute approximate surface area is 823 Å². The van der Waals surface area contributed by atoms with Gasteiger partial charge in [-0.05, 0) is 385 Å². The Bertz CT molecular complexity index is 2470. The quantitative estimate of drug-likeness (QED) is 0.0879. The van der Waals surface area contributed by atoms with Crippen molar-refractivity contribution in [3.8, 4) is 0 Å². The van der Waals surface area contributed by atoms with Crippen molar-refractivity contribution in [1.82, 2.24) is 0 Å². The van der Waals surface area contributed by atoms with E-state index in [4.69, 9.17) is 58.1 Å². The predicted octanol–water partition coefficient (Wildman–Crippen LogP) is 40.3. The Morgan fingerprint density at radius 2 is 0.328 bits per heavy atom. The van der Waals surface area contributed by atoms with Crippen LogP contribution in [0.2, 0.25) is 0 Å². The maximum absolute atomic E-state index is 5.59. The number of allylic oxidation sites excluding steroid dienone is 2. The molecule has 16 rings (SSSR count). The Hall–Kier alpha value is 3.93. The van der Waals surface area contributed by atoms with Crippen LogP contribution in [0.5, 0.6) is 0 Å². The topological polar surface area (TPSA) is 0 Å². The van der Waals surface area contributed by atoms with E-state index in [-0.39, 0.29) is 57.9 Å². The summed E-state index contributed by atoms with van der Waals surface area (Å²) in [5.74, 6) is 0. The van der Waals surface area contributed by atoms with Crippen molar-refractivity contribution < 1.29 is 40.6 Å². The molecule has 15 fully saturated rings. The predicted molar refractivity (Wildman–Crippen MR) is 580 cm³/mol. The van der Waals surface area contributed by atoms with Gasteiger partial charge in [-0.15, -0.1) is 0 Å². The van der Waals surface area contributed by atoms with Gasteiger partial charge in [0.1, 0.15) is 0 Å². The molecule has 0 unspecified atom stereocenters. The number of benzene rings is 1. The second-order valence-electron chi connectivity index (χ2n) is 45.0. The molecule has 0 bridgehead atoms. The van der Waals surface area contributed by atoms with Crippen LogP contribution < -0.4 is 0 Å². The van der Waals surface area contributed by atoms with Crippen LogP contribution in [0.25, 0.3) is 6.08 Å². The molecular weight excluding hydrogens is 2000 g/mol. The van der Waals surface area contributed by atoms with Crippen molar-refractivity contribution in [3.63, 3.8) is 0 Å². The summed E-state index contributed by atoms with van der Waals surface area (Å²) in [7, 11) is 33.2. The van der Waals surface area contributed by atoms with Gasteiger partial charge in [-0.25, -0.2) is 0 Å². The molecule has 0 N–H and O–H groups in total. The van der Waals surface area contributed by atoms with Gasteiger partial charge in [-0.3, -0.25) is 0 Å². The molecule has 15 aliphatic carbocycles. The third-order valence-electron chi connectivity index (χ3n) is 33.4. The van der Waals surface area contributed by atoms with Gasteiger partial charge in [0.2, 0.25) is 0 Å². The normalized spacial score (nSPS) is 24.6. The van der Waals surface area contributed by atoms with E-state index in [9.17, 15) is 0 Å². The molecule has 1 aromatic carbocycles. The second kappa shape index (κ2) is 68.1. The fourth-order valence-corrected chi connectivity index (χ4v) is 57.4. The first kappa shape index (κ1) is 114. The van der Waals surface area contributed by atoms with Gasteiger partial charge in [-0.1, -0.05) is 96.3 Å². The number of hydrogen-bond donors (Lipinski definition) is 0. The molecule has 730 valence electrons. The third-order valence-corrected chi connectivity index (χ3v) is 60.8. The van der Waals surface area contributed by atoms with Crippen molar-refractivity contribution >= 4 is 117 Å². The van der Waals surface area contributed by atoms with E-state index in [0.717, 1.165) is 5.56 Å². The molecule has 0 amide bonds. The molecule has 125 heavy (non-hydrogen) atoms. The van der Waals surface area contributed by atoms with E-state index in [1.807, 2.05) is 48.6 Å². The monoisotopic (exact) mass is 2200 g/mol. The average molecular weight is 2200 g/mol. The molecule has 0 radical (unpaired) electrons. The van der Waals surface area contributed by atoms with Gasteiger partial charge in [-0.2, -0.15) is 0 Å². The van der Waals surface area contributed by atoms with E-state index in [1.54, 1.807) is 482 Å². The van der Waals surface area contributed by atoms with Crippen molar-refractivity contribution in [2.75, 3.05) is 0 Å². The zero-order valence-electron chi connectivity index (χ0n) is 82.1. The SMILES string of the molecule is C1CCC([PH+](C2CCCCC2)C2CCCCC2)CC1.C1CCC([PH+](C2CCCCC2)C2CCCCC2)CC1.C1CCC([PH+](C2CCCCC2)C2CCCCC2)CC1.C1CCC([PH+](C2CCCCC2)C2CCCCC2)CC1.C1CCC([PH+](C2CCCCC2)C2CCCCC2)CC1.CC(C)(C)C=[C]=[Ru]([Cl])[Cl].CC(C)(C)C=[C]=[Ru]([Cl])[Cl].[CH3-].[Cl][Ru]([Cl])=[C]=Cc1ccccc1. The molecule has 0 aromatic heterocycles. The van der Waals surface area contributed by atoms with Gasteiger partial charge >= 0.3 is 218 Å². The van der Waals surface area contributed by atoms with Crippen molar-refractivity contribution in [1.29, 1.82) is 0 Å². The molecule has 1 aromatic rings. The summed E-state index contributed by atoms with van der Waals surface area (Å²) < 4.78 is 8.78. The Kier molecular flexibility index (Phi) is 62.2. The van der Waals surface area contributed by atoms with E-state index >= 15 is 0 Å². The fourth-order valence-electron chi connectivity index (χ4n) is 27.6. The van der Waals surface area contributed by atoms with Crippen LogP contribution in [0, 0.1) is 18.3 Å². The summed E-state index contributed by atoms with van der Waals surface area (Å²) in [5, 5.41) is 0. The van der Waals surface area contributed by atoms with Crippen molar-refractivity contribution in [2.45, 2.75) is 608 Å². The van der Waals surface area contributed by atoms with Crippen LogP contribution in [0.3, 0.4) is 0 Å². The summed E-state index contributed by atoms with van der Waals surface area (Å²) in [6.07, 6.45) is 125. The Balaban J connectivity index is 0.000000180. The van der Waals surface area contributed by atoms with Crippen molar-refractivity contribution in [3.05, 3.63) is 55.5 Å². The third kappa shape index (κ3) is 46.5. The van der Waals surface area contributed by atoms with E-state index in [1.165, 1.54) is 84.9 Å². The van der Waals surface area contributed by atoms with Crippen LogP contribution in [-0.4, -0.2) is 97.7 Å². The Morgan fingerprint density at radius 3 is 0.424 bits per heavy atom. The number of hydrogen-bond acceptors (Lipinski definition) is 0. The standard InChI is InChI=1S/5C18H33P.C8H6.2C6H10.CH3.6ClH.3Ru/c5*1-4-10-16(11-5-1)19(17-12-6-2-7-13-17)18-14-8-3-9-15-18;1-2-8-6-4-3-5-7-8;2*1-5-6(2,3)4;;;;;;;;;;/h5*16-18H,1-15H2;2-7H;2*5H,2-4H3;1H3;6*1H;;;/q;;;;;;;;-1;;;;;;;3*+2/p-1. The first-order chi connectivity index (χ1) is 60.4. The first-order valence-corrected chi connectivity index (χ1v) is 79.2. The average Bonchev–Trinajstić information content (AvgIpc) is 0.842. The number of halogens is 6. The zero-order valence-corrected chi connectivity index (χ0v) is 96.9. The zero-order chi connectivity index (χ0) is 87.7.